The molecule has 4 nitrogen and oxygen atoms in total. The highest BCUT2D eigenvalue weighted by Gasteiger charge is 2.12. The van der Waals surface area contributed by atoms with Crippen molar-refractivity contribution in [2.75, 3.05) is 32.6 Å². The Balaban J connectivity index is 2.88. The van der Waals surface area contributed by atoms with Gasteiger partial charge in [-0.05, 0) is 23.8 Å². The fourth-order valence-electron chi connectivity index (χ4n) is 1.52. The first-order chi connectivity index (χ1) is 7.95. The van der Waals surface area contributed by atoms with E-state index in [0.29, 0.717) is 5.56 Å². The van der Waals surface area contributed by atoms with Gasteiger partial charge in [0.1, 0.15) is 5.82 Å². The SMILES string of the molecule is CN(C)C(=O)CN(C)c1ccc(F)cc1CN. The van der Waals surface area contributed by atoms with E-state index >= 15 is 0 Å². The molecule has 1 aromatic rings. The first-order valence-corrected chi connectivity index (χ1v) is 5.35. The number of nitrogens with two attached hydrogens (primary N) is 1. The number of amides is 1. The summed E-state index contributed by atoms with van der Waals surface area (Å²) in [5, 5.41) is 0. The molecular formula is C12H18FN3O. The molecule has 0 spiro atoms. The number of hydrogen-bond donors (Lipinski definition) is 1. The molecule has 0 fully saturated rings. The van der Waals surface area contributed by atoms with E-state index in [-0.39, 0.29) is 24.8 Å². The molecule has 0 radical (unpaired) electrons. The molecule has 0 saturated heterocycles. The van der Waals surface area contributed by atoms with Crippen molar-refractivity contribution in [3.63, 3.8) is 0 Å². The zero-order valence-electron chi connectivity index (χ0n) is 10.4. The first-order valence-electron chi connectivity index (χ1n) is 5.35. The normalized spacial score (nSPS) is 10.2. The molecule has 0 bridgehead atoms. The maximum atomic E-state index is 13.0. The Hall–Kier alpha value is -1.62. The molecule has 0 unspecified atom stereocenters. The molecule has 0 aliphatic carbocycles. The predicted octanol–water partition coefficient (Wildman–Crippen LogP) is 0.809. The topological polar surface area (TPSA) is 49.6 Å². The largest absolute Gasteiger partial charge is 0.365 e. The number of carbonyl (C=O) groups excluding carboxylic acids is 1. The van der Waals surface area contributed by atoms with Crippen LogP contribution in [0, 0.1) is 5.82 Å². The Kier molecular flexibility index (Phi) is 4.45. The highest BCUT2D eigenvalue weighted by molar-refractivity contribution is 5.81. The Morgan fingerprint density at radius 2 is 2.00 bits per heavy atom. The van der Waals surface area contributed by atoms with E-state index in [1.165, 1.54) is 17.0 Å². The zero-order chi connectivity index (χ0) is 13.0. The van der Waals surface area contributed by atoms with Crippen LogP contribution in [0.3, 0.4) is 0 Å². The monoisotopic (exact) mass is 239 g/mol. The minimum Gasteiger partial charge on any atom is -0.365 e. The highest BCUT2D eigenvalue weighted by Crippen LogP contribution is 2.20. The van der Waals surface area contributed by atoms with Gasteiger partial charge in [-0.2, -0.15) is 0 Å². The molecule has 0 heterocycles. The van der Waals surface area contributed by atoms with Gasteiger partial charge in [0.05, 0.1) is 6.54 Å². The summed E-state index contributed by atoms with van der Waals surface area (Å²) in [6, 6.07) is 4.40. The molecule has 1 amide bonds. The smallest absolute Gasteiger partial charge is 0.241 e. The molecule has 0 aliphatic heterocycles. The minimum absolute atomic E-state index is 0.0141. The lowest BCUT2D eigenvalue weighted by Gasteiger charge is -2.23. The second-order valence-corrected chi connectivity index (χ2v) is 4.12. The van der Waals surface area contributed by atoms with Crippen LogP contribution in [0.2, 0.25) is 0 Å². The Bertz CT molecular complexity index is 407. The van der Waals surface area contributed by atoms with Crippen molar-refractivity contribution < 1.29 is 9.18 Å². The van der Waals surface area contributed by atoms with Crippen LogP contribution in [0.5, 0.6) is 0 Å². The number of hydrogen-bond acceptors (Lipinski definition) is 3. The fourth-order valence-corrected chi connectivity index (χ4v) is 1.52. The maximum Gasteiger partial charge on any atom is 0.241 e. The van der Waals surface area contributed by atoms with Crippen molar-refractivity contribution in [2.45, 2.75) is 6.54 Å². The van der Waals surface area contributed by atoms with Gasteiger partial charge >= 0.3 is 0 Å². The van der Waals surface area contributed by atoms with Gasteiger partial charge in [-0.1, -0.05) is 0 Å². The van der Waals surface area contributed by atoms with Crippen LogP contribution >= 0.6 is 0 Å². The number of carbonyl (C=O) groups is 1. The van der Waals surface area contributed by atoms with E-state index in [9.17, 15) is 9.18 Å². The van der Waals surface area contributed by atoms with Crippen LogP contribution in [-0.2, 0) is 11.3 Å². The number of anilines is 1. The maximum absolute atomic E-state index is 13.0. The average Bonchev–Trinajstić information content (AvgIpc) is 2.28. The summed E-state index contributed by atoms with van der Waals surface area (Å²) in [5.74, 6) is -0.332. The average molecular weight is 239 g/mol. The van der Waals surface area contributed by atoms with Crippen molar-refractivity contribution in [3.8, 4) is 0 Å². The van der Waals surface area contributed by atoms with E-state index in [2.05, 4.69) is 0 Å². The molecule has 0 aromatic heterocycles. The fraction of sp³-hybridized carbons (Fsp3) is 0.417. The second kappa shape index (κ2) is 5.63. The standard InChI is InChI=1S/C12H18FN3O/c1-15(2)12(17)8-16(3)11-5-4-10(13)6-9(11)7-14/h4-6H,7-8,14H2,1-3H3. The van der Waals surface area contributed by atoms with Crippen LogP contribution in [0.1, 0.15) is 5.56 Å². The Morgan fingerprint density at radius 1 is 1.35 bits per heavy atom. The van der Waals surface area contributed by atoms with Crippen LogP contribution in [0.25, 0.3) is 0 Å². The van der Waals surface area contributed by atoms with Gasteiger partial charge in [-0.25, -0.2) is 4.39 Å². The summed E-state index contributed by atoms with van der Waals surface area (Å²) in [7, 11) is 5.18. The Morgan fingerprint density at radius 3 is 2.53 bits per heavy atom. The number of likely N-dealkylation sites (N-methyl/N-ethyl adjacent to an activating group) is 2. The van der Waals surface area contributed by atoms with Gasteiger partial charge in [-0.15, -0.1) is 0 Å². The van der Waals surface area contributed by atoms with E-state index in [4.69, 9.17) is 5.73 Å². The van der Waals surface area contributed by atoms with Crippen molar-refractivity contribution in [3.05, 3.63) is 29.6 Å². The van der Waals surface area contributed by atoms with Gasteiger partial charge in [-0.3, -0.25) is 4.79 Å². The molecular weight excluding hydrogens is 221 g/mol. The van der Waals surface area contributed by atoms with E-state index < -0.39 is 0 Å². The summed E-state index contributed by atoms with van der Waals surface area (Å²) in [6.07, 6.45) is 0. The van der Waals surface area contributed by atoms with E-state index in [1.807, 2.05) is 0 Å². The molecule has 0 saturated carbocycles. The van der Waals surface area contributed by atoms with Crippen LogP contribution in [-0.4, -0.2) is 38.5 Å². The highest BCUT2D eigenvalue weighted by atomic mass is 19.1. The third kappa shape index (κ3) is 3.42. The second-order valence-electron chi connectivity index (χ2n) is 4.12. The zero-order valence-corrected chi connectivity index (χ0v) is 10.4. The lowest BCUT2D eigenvalue weighted by Crippen LogP contribution is -2.34. The summed E-state index contributed by atoms with van der Waals surface area (Å²) >= 11 is 0. The number of benzene rings is 1. The molecule has 1 aromatic carbocycles. The molecule has 94 valence electrons. The van der Waals surface area contributed by atoms with Gasteiger partial charge in [0.2, 0.25) is 5.91 Å². The van der Waals surface area contributed by atoms with Gasteiger partial charge < -0.3 is 15.5 Å². The van der Waals surface area contributed by atoms with E-state index in [0.717, 1.165) is 5.69 Å². The summed E-state index contributed by atoms with van der Waals surface area (Å²) in [6.45, 7) is 0.485. The molecule has 0 aliphatic rings. The van der Waals surface area contributed by atoms with Crippen molar-refractivity contribution in [2.24, 2.45) is 5.73 Å². The summed E-state index contributed by atoms with van der Waals surface area (Å²) < 4.78 is 13.0. The molecule has 2 N–H and O–H groups in total. The number of rotatable bonds is 4. The minimum atomic E-state index is -0.318. The van der Waals surface area contributed by atoms with Crippen molar-refractivity contribution >= 4 is 11.6 Å². The number of halogens is 1. The molecule has 1 rings (SSSR count). The lowest BCUT2D eigenvalue weighted by atomic mass is 10.1. The Labute approximate surface area is 101 Å². The van der Waals surface area contributed by atoms with Crippen LogP contribution in [0.15, 0.2) is 18.2 Å². The summed E-state index contributed by atoms with van der Waals surface area (Å²) in [5.41, 5.74) is 7.03. The quantitative estimate of drug-likeness (QED) is 0.846. The molecule has 0 atom stereocenters. The van der Waals surface area contributed by atoms with Crippen molar-refractivity contribution in [1.82, 2.24) is 4.90 Å². The first kappa shape index (κ1) is 13.4. The third-order valence-corrected chi connectivity index (χ3v) is 2.54. The van der Waals surface area contributed by atoms with E-state index in [1.54, 1.807) is 32.1 Å². The van der Waals surface area contributed by atoms with Gasteiger partial charge in [0.25, 0.3) is 0 Å². The predicted molar refractivity (Wildman–Crippen MR) is 66.3 cm³/mol. The van der Waals surface area contributed by atoms with Crippen LogP contribution < -0.4 is 10.6 Å². The number of nitrogens with zero attached hydrogens (tertiary/aromatic N) is 2. The molecule has 17 heavy (non-hydrogen) atoms. The van der Waals surface area contributed by atoms with Crippen LogP contribution in [0.4, 0.5) is 10.1 Å². The van der Waals surface area contributed by atoms with Gasteiger partial charge in [0, 0.05) is 33.4 Å². The van der Waals surface area contributed by atoms with Crippen molar-refractivity contribution in [1.29, 1.82) is 0 Å². The third-order valence-electron chi connectivity index (χ3n) is 2.54. The summed E-state index contributed by atoms with van der Waals surface area (Å²) in [4.78, 5) is 14.9. The van der Waals surface area contributed by atoms with Gasteiger partial charge in [0.15, 0.2) is 0 Å². The lowest BCUT2D eigenvalue weighted by molar-refractivity contribution is -0.127. The molecule has 5 heteroatoms.